The highest BCUT2D eigenvalue weighted by Crippen LogP contribution is 2.27. The van der Waals surface area contributed by atoms with Crippen molar-refractivity contribution in [1.29, 1.82) is 0 Å². The summed E-state index contributed by atoms with van der Waals surface area (Å²) in [6.07, 6.45) is 0. The number of alkyl halides is 1. The maximum Gasteiger partial charge on any atom is 0.167 e. The fourth-order valence-electron chi connectivity index (χ4n) is 1.97. The van der Waals surface area contributed by atoms with Gasteiger partial charge in [0.25, 0.3) is 0 Å². The Hall–Kier alpha value is -1.49. The molecule has 3 nitrogen and oxygen atoms in total. The summed E-state index contributed by atoms with van der Waals surface area (Å²) in [5.41, 5.74) is 0.596. The first-order valence-corrected chi connectivity index (χ1v) is 6.45. The van der Waals surface area contributed by atoms with E-state index in [1.807, 2.05) is 13.8 Å². The lowest BCUT2D eigenvalue weighted by atomic mass is 10.1. The van der Waals surface area contributed by atoms with Crippen molar-refractivity contribution in [3.8, 4) is 11.4 Å². The zero-order valence-corrected chi connectivity index (χ0v) is 11.7. The molecular weight excluding hydrogens is 272 g/mol. The third-order valence-corrected chi connectivity index (χ3v) is 3.13. The molecule has 0 aliphatic heterocycles. The fraction of sp³-hybridized carbons (Fsp3) is 0.385. The molecule has 0 saturated carbocycles. The van der Waals surface area contributed by atoms with Gasteiger partial charge in [-0.15, -0.1) is 21.8 Å². The molecule has 0 radical (unpaired) electrons. The van der Waals surface area contributed by atoms with E-state index in [1.165, 1.54) is 6.07 Å². The topological polar surface area (TPSA) is 30.7 Å². The van der Waals surface area contributed by atoms with Crippen LogP contribution in [0.5, 0.6) is 0 Å². The minimum atomic E-state index is -0.654. The molecule has 0 unspecified atom stereocenters. The van der Waals surface area contributed by atoms with E-state index in [9.17, 15) is 8.78 Å². The van der Waals surface area contributed by atoms with E-state index in [1.54, 1.807) is 11.5 Å². The first-order valence-electron chi connectivity index (χ1n) is 5.91. The number of hydrogen-bond acceptors (Lipinski definition) is 2. The average molecular weight is 286 g/mol. The molecule has 0 spiro atoms. The van der Waals surface area contributed by atoms with E-state index in [0.29, 0.717) is 17.2 Å². The molecular formula is C13H14ClF2N3. The molecule has 0 atom stereocenters. The Morgan fingerprint density at radius 1 is 1.21 bits per heavy atom. The van der Waals surface area contributed by atoms with Gasteiger partial charge in [0.2, 0.25) is 0 Å². The SMILES string of the molecule is Cc1cc(-c2nnc(CCl)n2C(C)C)c(F)cc1F. The summed E-state index contributed by atoms with van der Waals surface area (Å²) in [4.78, 5) is 0. The largest absolute Gasteiger partial charge is 0.307 e. The highest BCUT2D eigenvalue weighted by atomic mass is 35.5. The molecule has 0 N–H and O–H groups in total. The maximum atomic E-state index is 13.9. The lowest BCUT2D eigenvalue weighted by molar-refractivity contribution is 0.567. The van der Waals surface area contributed by atoms with Gasteiger partial charge in [-0.2, -0.15) is 0 Å². The monoisotopic (exact) mass is 285 g/mol. The molecule has 2 aromatic rings. The van der Waals surface area contributed by atoms with Crippen LogP contribution in [0.25, 0.3) is 11.4 Å². The van der Waals surface area contributed by atoms with Crippen molar-refractivity contribution in [2.75, 3.05) is 0 Å². The molecule has 0 saturated heterocycles. The number of benzene rings is 1. The van der Waals surface area contributed by atoms with Crippen molar-refractivity contribution in [1.82, 2.24) is 14.8 Å². The second kappa shape index (κ2) is 5.25. The molecule has 1 aromatic carbocycles. The van der Waals surface area contributed by atoms with Gasteiger partial charge < -0.3 is 4.57 Å². The molecule has 1 heterocycles. The van der Waals surface area contributed by atoms with Crippen molar-refractivity contribution in [3.05, 3.63) is 35.2 Å². The Morgan fingerprint density at radius 2 is 1.89 bits per heavy atom. The van der Waals surface area contributed by atoms with Crippen molar-refractivity contribution in [2.24, 2.45) is 0 Å². The van der Waals surface area contributed by atoms with Gasteiger partial charge in [-0.1, -0.05) is 0 Å². The standard InChI is InChI=1S/C13H14ClF2N3/c1-7(2)19-12(6-14)17-18-13(19)9-4-8(3)10(15)5-11(9)16/h4-5,7H,6H2,1-3H3. The second-order valence-corrected chi connectivity index (χ2v) is 4.89. The lowest BCUT2D eigenvalue weighted by Crippen LogP contribution is -2.08. The minimum absolute atomic E-state index is 0.0310. The Balaban J connectivity index is 2.65. The lowest BCUT2D eigenvalue weighted by Gasteiger charge is -2.14. The molecule has 0 aliphatic rings. The predicted octanol–water partition coefficient (Wildman–Crippen LogP) is 3.85. The van der Waals surface area contributed by atoms with Crippen LogP contribution in [0.3, 0.4) is 0 Å². The molecule has 2 rings (SSSR count). The van der Waals surface area contributed by atoms with Crippen molar-refractivity contribution >= 4 is 11.6 Å². The number of aryl methyl sites for hydroxylation is 1. The molecule has 0 aliphatic carbocycles. The first-order chi connectivity index (χ1) is 8.95. The summed E-state index contributed by atoms with van der Waals surface area (Å²) < 4.78 is 29.0. The van der Waals surface area contributed by atoms with Crippen LogP contribution in [-0.4, -0.2) is 14.8 Å². The number of rotatable bonds is 3. The maximum absolute atomic E-state index is 13.9. The second-order valence-electron chi connectivity index (χ2n) is 4.62. The number of aromatic nitrogens is 3. The Bertz CT molecular complexity index is 608. The molecule has 102 valence electrons. The van der Waals surface area contributed by atoms with Gasteiger partial charge in [-0.25, -0.2) is 8.78 Å². The van der Waals surface area contributed by atoms with Crippen LogP contribution in [0.2, 0.25) is 0 Å². The number of hydrogen-bond donors (Lipinski definition) is 0. The van der Waals surface area contributed by atoms with Crippen molar-refractivity contribution in [3.63, 3.8) is 0 Å². The summed E-state index contributed by atoms with van der Waals surface area (Å²) in [5.74, 6) is -0.111. The summed E-state index contributed by atoms with van der Waals surface area (Å²) in [6.45, 7) is 5.44. The van der Waals surface area contributed by atoms with E-state index < -0.39 is 11.6 Å². The van der Waals surface area contributed by atoms with Crippen LogP contribution >= 0.6 is 11.6 Å². The Kier molecular flexibility index (Phi) is 3.85. The van der Waals surface area contributed by atoms with Crippen LogP contribution in [0, 0.1) is 18.6 Å². The van der Waals surface area contributed by atoms with E-state index in [2.05, 4.69) is 10.2 Å². The highest BCUT2D eigenvalue weighted by Gasteiger charge is 2.19. The van der Waals surface area contributed by atoms with E-state index in [0.717, 1.165) is 6.07 Å². The smallest absolute Gasteiger partial charge is 0.167 e. The van der Waals surface area contributed by atoms with Crippen LogP contribution in [0.4, 0.5) is 8.78 Å². The zero-order chi connectivity index (χ0) is 14.2. The summed E-state index contributed by atoms with van der Waals surface area (Å²) in [7, 11) is 0. The van der Waals surface area contributed by atoms with Crippen molar-refractivity contribution in [2.45, 2.75) is 32.7 Å². The first kappa shape index (κ1) is 13.9. The highest BCUT2D eigenvalue weighted by molar-refractivity contribution is 6.16. The summed E-state index contributed by atoms with van der Waals surface area (Å²) in [5, 5.41) is 7.92. The quantitative estimate of drug-likeness (QED) is 0.802. The molecule has 19 heavy (non-hydrogen) atoms. The van der Waals surface area contributed by atoms with Crippen LogP contribution < -0.4 is 0 Å². The van der Waals surface area contributed by atoms with Gasteiger partial charge in [0.1, 0.15) is 17.5 Å². The fourth-order valence-corrected chi connectivity index (χ4v) is 2.15. The Morgan fingerprint density at radius 3 is 2.47 bits per heavy atom. The van der Waals surface area contributed by atoms with Gasteiger partial charge >= 0.3 is 0 Å². The van der Waals surface area contributed by atoms with E-state index >= 15 is 0 Å². The van der Waals surface area contributed by atoms with Crippen molar-refractivity contribution < 1.29 is 8.78 Å². The van der Waals surface area contributed by atoms with Crippen LogP contribution in [-0.2, 0) is 5.88 Å². The average Bonchev–Trinajstić information content (AvgIpc) is 2.77. The summed E-state index contributed by atoms with van der Waals surface area (Å²) >= 11 is 5.80. The Labute approximate surface area is 115 Å². The predicted molar refractivity (Wildman–Crippen MR) is 70.1 cm³/mol. The van der Waals surface area contributed by atoms with Gasteiger partial charge in [0.15, 0.2) is 5.82 Å². The molecule has 6 heteroatoms. The number of halogens is 3. The zero-order valence-electron chi connectivity index (χ0n) is 10.9. The van der Waals surface area contributed by atoms with Crippen LogP contribution in [0.1, 0.15) is 31.3 Å². The van der Waals surface area contributed by atoms with Gasteiger partial charge in [0, 0.05) is 12.1 Å². The van der Waals surface area contributed by atoms with E-state index in [4.69, 9.17) is 11.6 Å². The molecule has 0 bridgehead atoms. The van der Waals surface area contributed by atoms with Gasteiger partial charge in [-0.05, 0) is 32.4 Å². The number of nitrogens with zero attached hydrogens (tertiary/aromatic N) is 3. The third-order valence-electron chi connectivity index (χ3n) is 2.89. The van der Waals surface area contributed by atoms with Gasteiger partial charge in [-0.3, -0.25) is 0 Å². The summed E-state index contributed by atoms with van der Waals surface area (Å²) in [6, 6.07) is 2.33. The van der Waals surface area contributed by atoms with E-state index in [-0.39, 0.29) is 17.5 Å². The molecule has 0 fully saturated rings. The normalized spacial score (nSPS) is 11.3. The molecule has 0 amide bonds. The minimum Gasteiger partial charge on any atom is -0.307 e. The third kappa shape index (κ3) is 2.47. The van der Waals surface area contributed by atoms with Gasteiger partial charge in [0.05, 0.1) is 11.4 Å². The van der Waals surface area contributed by atoms with Crippen LogP contribution in [0.15, 0.2) is 12.1 Å². The molecule has 1 aromatic heterocycles.